The molecular formula is C12H25NO3S. The maximum Gasteiger partial charge on any atom is 0.214 e. The van der Waals surface area contributed by atoms with Crippen LogP contribution >= 0.6 is 0 Å². The molecule has 1 aliphatic carbocycles. The summed E-state index contributed by atoms with van der Waals surface area (Å²) >= 11 is 0. The molecule has 102 valence electrons. The Hall–Kier alpha value is -0.130. The largest absolute Gasteiger partial charge is 0.396 e. The van der Waals surface area contributed by atoms with Gasteiger partial charge in [-0.3, -0.25) is 0 Å². The van der Waals surface area contributed by atoms with Crippen molar-refractivity contribution in [1.82, 2.24) is 4.31 Å². The van der Waals surface area contributed by atoms with Gasteiger partial charge < -0.3 is 5.11 Å². The van der Waals surface area contributed by atoms with Gasteiger partial charge in [0.05, 0.1) is 5.75 Å². The summed E-state index contributed by atoms with van der Waals surface area (Å²) < 4.78 is 25.5. The monoisotopic (exact) mass is 263 g/mol. The molecular weight excluding hydrogens is 238 g/mol. The van der Waals surface area contributed by atoms with Crippen LogP contribution < -0.4 is 0 Å². The minimum Gasteiger partial charge on any atom is -0.396 e. The van der Waals surface area contributed by atoms with Gasteiger partial charge in [0.1, 0.15) is 0 Å². The molecule has 0 amide bonds. The first kappa shape index (κ1) is 14.9. The highest BCUT2D eigenvalue weighted by Crippen LogP contribution is 2.37. The SMILES string of the molecule is CN(C1CCC(C)(C)CC1)S(=O)(=O)CCCO. The molecule has 0 spiro atoms. The van der Waals surface area contributed by atoms with E-state index in [0.717, 1.165) is 25.7 Å². The molecule has 0 aromatic carbocycles. The van der Waals surface area contributed by atoms with E-state index >= 15 is 0 Å². The van der Waals surface area contributed by atoms with E-state index in [9.17, 15) is 8.42 Å². The van der Waals surface area contributed by atoms with Crippen molar-refractivity contribution < 1.29 is 13.5 Å². The minimum atomic E-state index is -3.19. The minimum absolute atomic E-state index is 0.0554. The predicted octanol–water partition coefficient (Wildman–Crippen LogP) is 1.60. The highest BCUT2D eigenvalue weighted by atomic mass is 32.2. The van der Waals surface area contributed by atoms with Crippen molar-refractivity contribution in [2.45, 2.75) is 52.0 Å². The van der Waals surface area contributed by atoms with Crippen LogP contribution in [0.4, 0.5) is 0 Å². The third kappa shape index (κ3) is 4.23. The molecule has 0 heterocycles. The van der Waals surface area contributed by atoms with Crippen LogP contribution in [-0.2, 0) is 10.0 Å². The summed E-state index contributed by atoms with van der Waals surface area (Å²) in [7, 11) is -1.51. The van der Waals surface area contributed by atoms with Gasteiger partial charge in [-0.15, -0.1) is 0 Å². The van der Waals surface area contributed by atoms with Gasteiger partial charge in [-0.1, -0.05) is 13.8 Å². The van der Waals surface area contributed by atoms with Gasteiger partial charge in [0.25, 0.3) is 0 Å². The highest BCUT2D eigenvalue weighted by molar-refractivity contribution is 7.89. The zero-order chi connectivity index (χ0) is 13.1. The molecule has 17 heavy (non-hydrogen) atoms. The van der Waals surface area contributed by atoms with Crippen LogP contribution in [0.1, 0.15) is 46.0 Å². The van der Waals surface area contributed by atoms with Gasteiger partial charge in [0.2, 0.25) is 10.0 Å². The first-order valence-corrected chi connectivity index (χ1v) is 7.96. The summed E-state index contributed by atoms with van der Waals surface area (Å²) in [6, 6.07) is 0.145. The van der Waals surface area contributed by atoms with Gasteiger partial charge in [0.15, 0.2) is 0 Å². The summed E-state index contributed by atoms with van der Waals surface area (Å²) in [6.45, 7) is 4.41. The molecule has 0 aromatic heterocycles. The lowest BCUT2D eigenvalue weighted by atomic mass is 9.76. The van der Waals surface area contributed by atoms with E-state index in [-0.39, 0.29) is 18.4 Å². The number of hydrogen-bond acceptors (Lipinski definition) is 3. The summed E-state index contributed by atoms with van der Waals surface area (Å²) in [4.78, 5) is 0. The third-order valence-corrected chi connectivity index (χ3v) is 5.80. The second-order valence-electron chi connectivity index (χ2n) is 5.80. The van der Waals surface area contributed by atoms with Crippen molar-refractivity contribution in [2.24, 2.45) is 5.41 Å². The third-order valence-electron chi connectivity index (χ3n) is 3.82. The summed E-state index contributed by atoms with van der Waals surface area (Å²) in [5.41, 5.74) is 0.353. The van der Waals surface area contributed by atoms with Crippen molar-refractivity contribution in [1.29, 1.82) is 0 Å². The van der Waals surface area contributed by atoms with Crippen LogP contribution in [0.25, 0.3) is 0 Å². The Morgan fingerprint density at radius 1 is 1.29 bits per heavy atom. The van der Waals surface area contributed by atoms with Crippen molar-refractivity contribution in [3.63, 3.8) is 0 Å². The number of aliphatic hydroxyl groups is 1. The Labute approximate surface area is 105 Å². The maximum absolute atomic E-state index is 12.0. The van der Waals surface area contributed by atoms with E-state index in [1.54, 1.807) is 7.05 Å². The van der Waals surface area contributed by atoms with Gasteiger partial charge in [0, 0.05) is 19.7 Å². The Morgan fingerprint density at radius 3 is 2.29 bits per heavy atom. The Bertz CT molecular complexity index is 328. The van der Waals surface area contributed by atoms with Crippen LogP contribution in [0.15, 0.2) is 0 Å². The normalized spacial score (nSPS) is 21.9. The number of aliphatic hydroxyl groups excluding tert-OH is 1. The fourth-order valence-corrected chi connectivity index (χ4v) is 3.81. The van der Waals surface area contributed by atoms with Crippen LogP contribution in [0, 0.1) is 5.41 Å². The van der Waals surface area contributed by atoms with Gasteiger partial charge >= 0.3 is 0 Å². The smallest absolute Gasteiger partial charge is 0.214 e. The molecule has 0 aromatic rings. The fraction of sp³-hybridized carbons (Fsp3) is 1.00. The second-order valence-corrected chi connectivity index (χ2v) is 7.95. The molecule has 0 aliphatic heterocycles. The van der Waals surface area contributed by atoms with Crippen molar-refractivity contribution in [3.05, 3.63) is 0 Å². The van der Waals surface area contributed by atoms with Crippen LogP contribution in [-0.4, -0.2) is 43.3 Å². The number of rotatable bonds is 5. The average molecular weight is 263 g/mol. The lowest BCUT2D eigenvalue weighted by Crippen LogP contribution is -2.41. The summed E-state index contributed by atoms with van der Waals surface area (Å²) in [6.07, 6.45) is 4.38. The number of nitrogens with zero attached hydrogens (tertiary/aromatic N) is 1. The van der Waals surface area contributed by atoms with Crippen molar-refractivity contribution in [2.75, 3.05) is 19.4 Å². The fourth-order valence-electron chi connectivity index (χ4n) is 2.37. The molecule has 0 atom stereocenters. The van der Waals surface area contributed by atoms with E-state index in [1.165, 1.54) is 4.31 Å². The average Bonchev–Trinajstić information content (AvgIpc) is 2.25. The van der Waals surface area contributed by atoms with Crippen LogP contribution in [0.2, 0.25) is 0 Å². The molecule has 1 saturated carbocycles. The van der Waals surface area contributed by atoms with E-state index < -0.39 is 10.0 Å². The molecule has 0 bridgehead atoms. The quantitative estimate of drug-likeness (QED) is 0.819. The molecule has 1 fully saturated rings. The molecule has 1 aliphatic rings. The van der Waals surface area contributed by atoms with Gasteiger partial charge in [-0.2, -0.15) is 0 Å². The molecule has 1 N–H and O–H groups in total. The Balaban J connectivity index is 2.56. The van der Waals surface area contributed by atoms with E-state index in [0.29, 0.717) is 11.8 Å². The van der Waals surface area contributed by atoms with E-state index in [2.05, 4.69) is 13.8 Å². The topological polar surface area (TPSA) is 57.6 Å². The molecule has 5 heteroatoms. The van der Waals surface area contributed by atoms with Crippen molar-refractivity contribution in [3.8, 4) is 0 Å². The summed E-state index contributed by atoms with van der Waals surface area (Å²) in [5.74, 6) is 0.0554. The zero-order valence-corrected chi connectivity index (χ0v) is 12.0. The predicted molar refractivity (Wildman–Crippen MR) is 69.3 cm³/mol. The lowest BCUT2D eigenvalue weighted by molar-refractivity contribution is 0.174. The molecule has 4 nitrogen and oxygen atoms in total. The summed E-state index contributed by atoms with van der Waals surface area (Å²) in [5, 5.41) is 8.71. The molecule has 0 saturated heterocycles. The molecule has 0 unspecified atom stereocenters. The maximum atomic E-state index is 12.0. The zero-order valence-electron chi connectivity index (χ0n) is 11.1. The first-order chi connectivity index (χ1) is 7.78. The van der Waals surface area contributed by atoms with Gasteiger partial charge in [-0.25, -0.2) is 12.7 Å². The first-order valence-electron chi connectivity index (χ1n) is 6.35. The van der Waals surface area contributed by atoms with Crippen molar-refractivity contribution >= 4 is 10.0 Å². The lowest BCUT2D eigenvalue weighted by Gasteiger charge is -2.38. The second kappa shape index (κ2) is 5.67. The van der Waals surface area contributed by atoms with E-state index in [1.807, 2.05) is 0 Å². The molecule has 1 rings (SSSR count). The Morgan fingerprint density at radius 2 is 1.82 bits per heavy atom. The van der Waals surface area contributed by atoms with Crippen LogP contribution in [0.5, 0.6) is 0 Å². The molecule has 0 radical (unpaired) electrons. The Kier molecular flexibility index (Phi) is 4.98. The van der Waals surface area contributed by atoms with Gasteiger partial charge in [-0.05, 0) is 37.5 Å². The van der Waals surface area contributed by atoms with Crippen LogP contribution in [0.3, 0.4) is 0 Å². The number of hydrogen-bond donors (Lipinski definition) is 1. The number of sulfonamides is 1. The van der Waals surface area contributed by atoms with E-state index in [4.69, 9.17) is 5.11 Å². The standard InChI is InChI=1S/C12H25NO3S/c1-12(2)7-5-11(6-8-12)13(3)17(15,16)10-4-9-14/h11,14H,4-10H2,1-3H3. The highest BCUT2D eigenvalue weighted by Gasteiger charge is 2.32.